The summed E-state index contributed by atoms with van der Waals surface area (Å²) in [5, 5.41) is 26.7. The lowest BCUT2D eigenvalue weighted by atomic mass is 9.95. The smallest absolute Gasteiger partial charge is 0.152 e. The molecule has 0 fully saturated rings. The first-order chi connectivity index (χ1) is 19.7. The average Bonchev–Trinajstić information content (AvgIpc) is 3.49. The minimum atomic E-state index is 0.0924. The van der Waals surface area contributed by atoms with Crippen LogP contribution in [0.4, 0.5) is 22.7 Å². The molecule has 0 aromatic heterocycles. The van der Waals surface area contributed by atoms with Crippen molar-refractivity contribution in [2.45, 2.75) is 0 Å². The highest BCUT2D eigenvalue weighted by atomic mass is 16.5. The van der Waals surface area contributed by atoms with Gasteiger partial charge in [0.25, 0.3) is 0 Å². The number of hydrogen-bond donors (Lipinski definition) is 2. The van der Waals surface area contributed by atoms with E-state index in [0.717, 1.165) is 78.4 Å². The molecule has 0 bridgehead atoms. The molecule has 0 saturated heterocycles. The molecule has 0 saturated carbocycles. The summed E-state index contributed by atoms with van der Waals surface area (Å²) in [5.41, 5.74) is 13.3. The fraction of sp³-hybridized carbons (Fsp3) is 0. The van der Waals surface area contributed by atoms with Gasteiger partial charge < -0.3 is 20.5 Å². The third-order valence-corrected chi connectivity index (χ3v) is 8.23. The third-order valence-electron chi connectivity index (χ3n) is 8.23. The van der Waals surface area contributed by atoms with Gasteiger partial charge in [-0.25, -0.2) is 0 Å². The molecule has 0 spiro atoms. The topological polar surface area (TPSA) is 55.0 Å². The Hall–Kier alpha value is -4.84. The van der Waals surface area contributed by atoms with E-state index in [4.69, 9.17) is 0 Å². The lowest BCUT2D eigenvalue weighted by molar-refractivity contribution is -0.693. The third kappa shape index (κ3) is 3.35. The van der Waals surface area contributed by atoms with Crippen molar-refractivity contribution in [1.29, 1.82) is 0 Å². The Balaban J connectivity index is 1.11. The Morgan fingerprint density at radius 2 is 0.625 bits per heavy atom. The molecule has 190 valence electrons. The predicted octanol–water partition coefficient (Wildman–Crippen LogP) is 7.34. The van der Waals surface area contributed by atoms with Crippen molar-refractivity contribution >= 4 is 22.7 Å². The second-order valence-electron chi connectivity index (χ2n) is 10.4. The molecule has 4 heteroatoms. The van der Waals surface area contributed by atoms with Gasteiger partial charge in [-0.15, -0.1) is 0 Å². The second kappa shape index (κ2) is 8.85. The molecule has 40 heavy (non-hydrogen) atoms. The van der Waals surface area contributed by atoms with E-state index in [1.54, 1.807) is 0 Å². The van der Waals surface area contributed by atoms with Crippen molar-refractivity contribution in [2.24, 2.45) is 0 Å². The van der Waals surface area contributed by atoms with Gasteiger partial charge in [-0.05, 0) is 58.7 Å². The Bertz CT molecular complexity index is 1780. The van der Waals surface area contributed by atoms with E-state index in [9.17, 15) is 10.4 Å². The van der Waals surface area contributed by atoms with Crippen LogP contribution in [0.2, 0.25) is 0 Å². The van der Waals surface area contributed by atoms with Gasteiger partial charge in [0.1, 0.15) is 11.4 Å². The SMILES string of the molecule is [O-][NH+]1c2ccccc2-c2cccc(-c3ccc(-c4ccc(-c5cccc6c5[NH+]([O-])c5ccccc5-6)cc4)cc3)c21. The molecule has 2 unspecified atom stereocenters. The normalized spacial score (nSPS) is 16.2. The molecule has 0 aliphatic carbocycles. The fourth-order valence-corrected chi connectivity index (χ4v) is 6.31. The highest BCUT2D eigenvalue weighted by molar-refractivity contribution is 5.94. The first kappa shape index (κ1) is 23.1. The van der Waals surface area contributed by atoms with Gasteiger partial charge in [-0.3, -0.25) is 0 Å². The highest BCUT2D eigenvalue weighted by Crippen LogP contribution is 2.44. The Morgan fingerprint density at radius 3 is 1.05 bits per heavy atom. The second-order valence-corrected chi connectivity index (χ2v) is 10.4. The van der Waals surface area contributed by atoms with Crippen molar-refractivity contribution in [3.8, 4) is 55.6 Å². The molecule has 2 aliphatic heterocycles. The van der Waals surface area contributed by atoms with Crippen molar-refractivity contribution in [2.75, 3.05) is 0 Å². The van der Waals surface area contributed by atoms with Crippen LogP contribution < -0.4 is 10.1 Å². The van der Waals surface area contributed by atoms with Crippen LogP contribution in [0.25, 0.3) is 55.6 Å². The molecule has 2 heterocycles. The zero-order valence-corrected chi connectivity index (χ0v) is 21.5. The summed E-state index contributed by atoms with van der Waals surface area (Å²) in [6.45, 7) is 0. The van der Waals surface area contributed by atoms with E-state index < -0.39 is 0 Å². The van der Waals surface area contributed by atoms with Crippen LogP contribution in [0, 0.1) is 10.4 Å². The van der Waals surface area contributed by atoms with Crippen LogP contribution in [-0.4, -0.2) is 0 Å². The summed E-state index contributed by atoms with van der Waals surface area (Å²) >= 11 is 0. The molecule has 2 N–H and O–H groups in total. The van der Waals surface area contributed by atoms with Gasteiger partial charge in [0.2, 0.25) is 0 Å². The molecule has 4 nitrogen and oxygen atoms in total. The Labute approximate surface area is 232 Å². The molecule has 2 aliphatic rings. The highest BCUT2D eigenvalue weighted by Gasteiger charge is 2.30. The van der Waals surface area contributed by atoms with E-state index in [1.165, 1.54) is 0 Å². The van der Waals surface area contributed by atoms with Crippen molar-refractivity contribution in [3.05, 3.63) is 144 Å². The summed E-state index contributed by atoms with van der Waals surface area (Å²) in [4.78, 5) is 0. The number of nitrogens with one attached hydrogen (secondary N) is 2. The molecular formula is C36H24N2O2. The maximum atomic E-state index is 13.3. The Kier molecular flexibility index (Phi) is 5.11. The predicted molar refractivity (Wildman–Crippen MR) is 161 cm³/mol. The van der Waals surface area contributed by atoms with E-state index in [2.05, 4.69) is 48.5 Å². The monoisotopic (exact) mass is 516 g/mol. The van der Waals surface area contributed by atoms with E-state index in [0.29, 0.717) is 0 Å². The number of quaternary nitrogens is 2. The zero-order valence-electron chi connectivity index (χ0n) is 21.5. The minimum Gasteiger partial charge on any atom is -0.623 e. The first-order valence-corrected chi connectivity index (χ1v) is 13.4. The molecule has 6 aromatic rings. The van der Waals surface area contributed by atoms with Crippen LogP contribution in [0.15, 0.2) is 133 Å². The van der Waals surface area contributed by atoms with Crippen LogP contribution in [-0.2, 0) is 0 Å². The van der Waals surface area contributed by atoms with Gasteiger partial charge in [-0.1, -0.05) is 84.9 Å². The molecular weight excluding hydrogens is 492 g/mol. The Morgan fingerprint density at radius 1 is 0.300 bits per heavy atom. The van der Waals surface area contributed by atoms with E-state index in [1.807, 2.05) is 84.9 Å². The number of fused-ring (bicyclic) bond motifs is 6. The summed E-state index contributed by atoms with van der Waals surface area (Å²) in [6.07, 6.45) is 0. The molecule has 6 aromatic carbocycles. The van der Waals surface area contributed by atoms with Gasteiger partial charge in [0.05, 0.1) is 11.1 Å². The van der Waals surface area contributed by atoms with Crippen molar-refractivity contribution in [3.63, 3.8) is 0 Å². The summed E-state index contributed by atoms with van der Waals surface area (Å²) in [5.74, 6) is 0. The lowest BCUT2D eigenvalue weighted by Crippen LogP contribution is -2.95. The van der Waals surface area contributed by atoms with Crippen LogP contribution in [0.5, 0.6) is 0 Å². The van der Waals surface area contributed by atoms with Gasteiger partial charge in [0, 0.05) is 34.4 Å². The van der Waals surface area contributed by atoms with E-state index in [-0.39, 0.29) is 10.1 Å². The quantitative estimate of drug-likeness (QED) is 0.242. The maximum Gasteiger partial charge on any atom is 0.152 e. The number of hydrogen-bond acceptors (Lipinski definition) is 2. The molecule has 0 radical (unpaired) electrons. The summed E-state index contributed by atoms with van der Waals surface area (Å²) < 4.78 is 0. The first-order valence-electron chi connectivity index (χ1n) is 13.4. The fourth-order valence-electron chi connectivity index (χ4n) is 6.31. The largest absolute Gasteiger partial charge is 0.623 e. The number of benzene rings is 6. The van der Waals surface area contributed by atoms with Crippen molar-refractivity contribution < 1.29 is 10.1 Å². The lowest BCUT2D eigenvalue weighted by Gasteiger charge is -2.20. The number of para-hydroxylation sites is 4. The summed E-state index contributed by atoms with van der Waals surface area (Å²) in [7, 11) is 0. The van der Waals surface area contributed by atoms with Crippen LogP contribution in [0.3, 0.4) is 0 Å². The van der Waals surface area contributed by atoms with Gasteiger partial charge >= 0.3 is 0 Å². The molecule has 0 amide bonds. The van der Waals surface area contributed by atoms with E-state index >= 15 is 0 Å². The van der Waals surface area contributed by atoms with Gasteiger partial charge in [-0.2, -0.15) is 0 Å². The zero-order chi connectivity index (χ0) is 26.8. The molecule has 2 atom stereocenters. The standard InChI is InChI=1S/C36H24N2O2/c39-37-33-13-3-1-7-29(33)31-11-5-9-27(35(31)37)25-19-15-23(16-20-25)24-17-21-26(22-18-24)28-10-6-12-32-30-8-2-4-14-34(30)38(40)36(28)32/h1-22,37-38H. The summed E-state index contributed by atoms with van der Waals surface area (Å²) in [6, 6.07) is 44.7. The average molecular weight is 517 g/mol. The van der Waals surface area contributed by atoms with Crippen molar-refractivity contribution in [1.82, 2.24) is 0 Å². The van der Waals surface area contributed by atoms with Gasteiger partial charge in [0.15, 0.2) is 11.4 Å². The minimum absolute atomic E-state index is 0.0924. The number of rotatable bonds is 3. The van der Waals surface area contributed by atoms with Crippen LogP contribution in [0.1, 0.15) is 0 Å². The maximum absolute atomic E-state index is 13.3. The van der Waals surface area contributed by atoms with Crippen LogP contribution >= 0.6 is 0 Å². The molecule has 8 rings (SSSR count).